The summed E-state index contributed by atoms with van der Waals surface area (Å²) in [5.41, 5.74) is -5.59. The van der Waals surface area contributed by atoms with E-state index in [-0.39, 0.29) is 23.3 Å². The normalized spacial score (nSPS) is 14.9. The number of nitrogens with zero attached hydrogens (tertiary/aromatic N) is 4. The van der Waals surface area contributed by atoms with Gasteiger partial charge in [-0.15, -0.1) is 0 Å². The molecule has 3 aromatic heterocycles. The minimum absolute atomic E-state index is 0.0272. The third-order valence-corrected chi connectivity index (χ3v) is 6.73. The summed E-state index contributed by atoms with van der Waals surface area (Å²) in [6.45, 7) is 0.184. The van der Waals surface area contributed by atoms with Crippen LogP contribution in [0.25, 0.3) is 22.2 Å². The van der Waals surface area contributed by atoms with E-state index in [2.05, 4.69) is 20.4 Å². The van der Waals surface area contributed by atoms with Crippen LogP contribution in [0.2, 0.25) is 0 Å². The molecule has 1 aliphatic carbocycles. The van der Waals surface area contributed by atoms with Crippen molar-refractivity contribution >= 4 is 16.5 Å². The van der Waals surface area contributed by atoms with E-state index in [4.69, 9.17) is 0 Å². The SMILES string of the molecule is O=c1[nH]ncc(NC2(CCCn3ccc4cc(-c5ncc(C(F)(F)F)cn5)c(F)cc4c3=O)CC2)c1C(F)(F)F. The first-order chi connectivity index (χ1) is 18.8. The third-order valence-electron chi connectivity index (χ3n) is 6.73. The number of fused-ring (bicyclic) bond motifs is 1. The van der Waals surface area contributed by atoms with Crippen LogP contribution < -0.4 is 16.4 Å². The number of hydrogen-bond acceptors (Lipinski definition) is 6. The Morgan fingerprint density at radius 1 is 1.00 bits per heavy atom. The van der Waals surface area contributed by atoms with Gasteiger partial charge in [0.05, 0.1) is 28.4 Å². The van der Waals surface area contributed by atoms with E-state index in [1.165, 1.54) is 22.9 Å². The van der Waals surface area contributed by atoms with Gasteiger partial charge in [-0.3, -0.25) is 9.59 Å². The lowest BCUT2D eigenvalue weighted by Gasteiger charge is -2.21. The predicted octanol–water partition coefficient (Wildman–Crippen LogP) is 5.14. The highest BCUT2D eigenvalue weighted by Crippen LogP contribution is 2.44. The molecule has 0 radical (unpaired) electrons. The number of aromatic amines is 1. The fourth-order valence-corrected chi connectivity index (χ4v) is 4.50. The zero-order valence-corrected chi connectivity index (χ0v) is 20.3. The van der Waals surface area contributed by atoms with Gasteiger partial charge in [-0.1, -0.05) is 0 Å². The van der Waals surface area contributed by atoms with Gasteiger partial charge >= 0.3 is 12.4 Å². The quantitative estimate of drug-likeness (QED) is 0.299. The average molecular weight is 568 g/mol. The van der Waals surface area contributed by atoms with Crippen LogP contribution in [0.5, 0.6) is 0 Å². The molecule has 0 bridgehead atoms. The van der Waals surface area contributed by atoms with Gasteiger partial charge in [0.25, 0.3) is 11.1 Å². The van der Waals surface area contributed by atoms with Crippen molar-refractivity contribution in [1.82, 2.24) is 24.7 Å². The number of halogens is 7. The number of anilines is 1. The van der Waals surface area contributed by atoms with Gasteiger partial charge in [-0.05, 0) is 49.3 Å². The van der Waals surface area contributed by atoms with Gasteiger partial charge < -0.3 is 9.88 Å². The number of alkyl halides is 6. The van der Waals surface area contributed by atoms with Crippen LogP contribution in [-0.2, 0) is 18.9 Å². The van der Waals surface area contributed by atoms with E-state index in [1.54, 1.807) is 5.10 Å². The minimum atomic E-state index is -4.87. The van der Waals surface area contributed by atoms with Crippen LogP contribution in [0.15, 0.2) is 52.6 Å². The summed E-state index contributed by atoms with van der Waals surface area (Å²) < 4.78 is 94.6. The summed E-state index contributed by atoms with van der Waals surface area (Å²) in [5, 5.41) is 8.39. The lowest BCUT2D eigenvalue weighted by molar-refractivity contribution is -0.139. The maximum absolute atomic E-state index is 14.9. The van der Waals surface area contributed by atoms with Crippen LogP contribution in [0.3, 0.4) is 0 Å². The molecule has 2 N–H and O–H groups in total. The van der Waals surface area contributed by atoms with E-state index >= 15 is 0 Å². The van der Waals surface area contributed by atoms with Gasteiger partial charge in [-0.25, -0.2) is 19.5 Å². The maximum atomic E-state index is 14.9. The van der Waals surface area contributed by atoms with Gasteiger partial charge in [0, 0.05) is 30.7 Å². The molecule has 0 amide bonds. The molecule has 1 fully saturated rings. The Hall–Kier alpha value is -4.30. The third kappa shape index (κ3) is 5.40. The number of hydrogen-bond donors (Lipinski definition) is 2. The number of aryl methyl sites for hydroxylation is 1. The Kier molecular flexibility index (Phi) is 6.62. The average Bonchev–Trinajstić information content (AvgIpc) is 3.63. The van der Waals surface area contributed by atoms with Crippen molar-refractivity contribution < 1.29 is 30.7 Å². The summed E-state index contributed by atoms with van der Waals surface area (Å²) in [4.78, 5) is 31.9. The molecule has 0 saturated heterocycles. The van der Waals surface area contributed by atoms with Crippen molar-refractivity contribution in [3.63, 3.8) is 0 Å². The highest BCUT2D eigenvalue weighted by atomic mass is 19.4. The van der Waals surface area contributed by atoms with Crippen molar-refractivity contribution in [3.8, 4) is 11.4 Å². The summed E-state index contributed by atoms with van der Waals surface area (Å²) in [5.74, 6) is -1.17. The topological polar surface area (TPSA) is 106 Å². The number of benzene rings is 1. The molecule has 1 aromatic carbocycles. The van der Waals surface area contributed by atoms with Gasteiger partial charge in [0.15, 0.2) is 5.82 Å². The second-order valence-electron chi connectivity index (χ2n) is 9.52. The fraction of sp³-hybridized carbons (Fsp3) is 0.320. The molecule has 0 spiro atoms. The molecule has 5 rings (SSSR count). The molecule has 0 aliphatic heterocycles. The molecule has 1 saturated carbocycles. The summed E-state index contributed by atoms with van der Waals surface area (Å²) in [7, 11) is 0. The summed E-state index contributed by atoms with van der Waals surface area (Å²) >= 11 is 0. The van der Waals surface area contributed by atoms with Crippen molar-refractivity contribution in [1.29, 1.82) is 0 Å². The van der Waals surface area contributed by atoms with Crippen molar-refractivity contribution in [2.24, 2.45) is 0 Å². The minimum Gasteiger partial charge on any atom is -0.378 e. The van der Waals surface area contributed by atoms with Crippen molar-refractivity contribution in [2.75, 3.05) is 5.32 Å². The van der Waals surface area contributed by atoms with E-state index in [9.17, 15) is 40.3 Å². The van der Waals surface area contributed by atoms with E-state index in [0.29, 0.717) is 43.5 Å². The molecule has 0 unspecified atom stereocenters. The van der Waals surface area contributed by atoms with Gasteiger partial charge in [0.2, 0.25) is 0 Å². The number of rotatable bonds is 7. The largest absolute Gasteiger partial charge is 0.423 e. The zero-order chi connectivity index (χ0) is 28.9. The molecule has 4 aromatic rings. The fourth-order valence-electron chi connectivity index (χ4n) is 4.50. The lowest BCUT2D eigenvalue weighted by Crippen LogP contribution is -2.29. The second-order valence-corrected chi connectivity index (χ2v) is 9.52. The number of pyridine rings is 1. The van der Waals surface area contributed by atoms with E-state index in [0.717, 1.165) is 12.3 Å². The Morgan fingerprint density at radius 3 is 2.33 bits per heavy atom. The Balaban J connectivity index is 1.31. The molecule has 40 heavy (non-hydrogen) atoms. The number of aromatic nitrogens is 5. The van der Waals surface area contributed by atoms with Crippen molar-refractivity contribution in [3.05, 3.63) is 80.6 Å². The maximum Gasteiger partial charge on any atom is 0.423 e. The van der Waals surface area contributed by atoms with Crippen LogP contribution in [-0.4, -0.2) is 30.3 Å². The first-order valence-electron chi connectivity index (χ1n) is 11.9. The second kappa shape index (κ2) is 9.71. The highest BCUT2D eigenvalue weighted by molar-refractivity contribution is 5.86. The molecular weight excluding hydrogens is 549 g/mol. The molecule has 8 nitrogen and oxygen atoms in total. The molecule has 0 atom stereocenters. The molecule has 3 heterocycles. The molecular formula is C25H19F7N6O2. The first kappa shape index (κ1) is 27.3. The molecule has 15 heteroatoms. The Labute approximate surface area is 219 Å². The standard InChI is InChI=1S/C25H19F7N6O2/c26-17-9-15-13(8-16(17)20-33-10-14(11-34-20)24(27,28)29)2-7-38(22(15)40)6-1-3-23(4-5-23)36-18-12-35-37-21(39)19(18)25(30,31)32/h2,7-12H,1,3-6H2,(H2,36,37,39). The molecule has 210 valence electrons. The van der Waals surface area contributed by atoms with Crippen molar-refractivity contribution in [2.45, 2.75) is 50.1 Å². The summed E-state index contributed by atoms with van der Waals surface area (Å²) in [6, 6.07) is 3.77. The Bertz CT molecular complexity index is 1690. The highest BCUT2D eigenvalue weighted by Gasteiger charge is 2.45. The van der Waals surface area contributed by atoms with Crippen LogP contribution >= 0.6 is 0 Å². The van der Waals surface area contributed by atoms with Crippen LogP contribution in [0.1, 0.15) is 36.8 Å². The smallest absolute Gasteiger partial charge is 0.378 e. The monoisotopic (exact) mass is 568 g/mol. The number of nitrogens with one attached hydrogen (secondary N) is 2. The van der Waals surface area contributed by atoms with Crippen LogP contribution in [0.4, 0.5) is 36.4 Å². The zero-order valence-electron chi connectivity index (χ0n) is 20.3. The van der Waals surface area contributed by atoms with Gasteiger partial charge in [0.1, 0.15) is 11.4 Å². The number of H-pyrrole nitrogens is 1. The first-order valence-corrected chi connectivity index (χ1v) is 11.9. The van der Waals surface area contributed by atoms with Gasteiger partial charge in [-0.2, -0.15) is 31.4 Å². The van der Waals surface area contributed by atoms with E-state index < -0.39 is 51.6 Å². The molecule has 1 aliphatic rings. The predicted molar refractivity (Wildman–Crippen MR) is 129 cm³/mol. The van der Waals surface area contributed by atoms with E-state index in [1.807, 2.05) is 0 Å². The lowest BCUT2D eigenvalue weighted by atomic mass is 10.1. The Morgan fingerprint density at radius 2 is 1.70 bits per heavy atom. The summed E-state index contributed by atoms with van der Waals surface area (Å²) in [6.07, 6.45) is -4.16. The van der Waals surface area contributed by atoms with Crippen LogP contribution in [0, 0.1) is 5.82 Å².